The van der Waals surface area contributed by atoms with E-state index in [2.05, 4.69) is 10.1 Å². The van der Waals surface area contributed by atoms with Crippen molar-refractivity contribution in [3.8, 4) is 22.9 Å². The van der Waals surface area contributed by atoms with Gasteiger partial charge in [0, 0.05) is 30.1 Å². The average molecular weight is 412 g/mol. The van der Waals surface area contributed by atoms with Gasteiger partial charge in [0.25, 0.3) is 0 Å². The maximum atomic E-state index is 12.4. The molecular weight excluding hydrogens is 394 g/mol. The number of rotatable bonds is 5. The first-order chi connectivity index (χ1) is 14.2. The van der Waals surface area contributed by atoms with Gasteiger partial charge in [0.15, 0.2) is 11.5 Å². The topological polar surface area (TPSA) is 77.7 Å². The van der Waals surface area contributed by atoms with Gasteiger partial charge in [-0.3, -0.25) is 4.79 Å². The Labute approximate surface area is 172 Å². The number of likely N-dealkylation sites (tertiary alicyclic amines) is 1. The first-order valence-corrected chi connectivity index (χ1v) is 9.79. The lowest BCUT2D eigenvalue weighted by molar-refractivity contribution is -0.127. The van der Waals surface area contributed by atoms with Crippen LogP contribution in [0.3, 0.4) is 0 Å². The van der Waals surface area contributed by atoms with E-state index in [0.29, 0.717) is 47.7 Å². The molecule has 2 aliphatic heterocycles. The molecule has 3 aromatic rings. The van der Waals surface area contributed by atoms with E-state index >= 15 is 0 Å². The van der Waals surface area contributed by atoms with Crippen LogP contribution in [0.2, 0.25) is 5.02 Å². The Hall–Kier alpha value is -3.06. The van der Waals surface area contributed by atoms with Crippen LogP contribution >= 0.6 is 11.6 Å². The smallest absolute Gasteiger partial charge is 0.232 e. The average Bonchev–Trinajstić information content (AvgIpc) is 3.46. The van der Waals surface area contributed by atoms with Crippen LogP contribution in [0.5, 0.6) is 11.5 Å². The zero-order valence-electron chi connectivity index (χ0n) is 15.5. The molecule has 3 heterocycles. The van der Waals surface area contributed by atoms with Crippen molar-refractivity contribution >= 4 is 17.5 Å². The second kappa shape index (κ2) is 7.40. The minimum atomic E-state index is -0.0945. The zero-order valence-corrected chi connectivity index (χ0v) is 16.3. The lowest BCUT2D eigenvalue weighted by Gasteiger charge is -2.15. The second-order valence-corrected chi connectivity index (χ2v) is 7.58. The van der Waals surface area contributed by atoms with Crippen molar-refractivity contribution in [3.63, 3.8) is 0 Å². The number of carbonyl (C=O) groups is 1. The van der Waals surface area contributed by atoms with Gasteiger partial charge in [0.05, 0.1) is 5.92 Å². The highest BCUT2D eigenvalue weighted by Gasteiger charge is 2.34. The molecule has 2 aromatic carbocycles. The quantitative estimate of drug-likeness (QED) is 0.637. The van der Waals surface area contributed by atoms with Crippen molar-refractivity contribution in [1.82, 2.24) is 15.0 Å². The maximum Gasteiger partial charge on any atom is 0.232 e. The fraction of sp³-hybridized carbons (Fsp3) is 0.286. The number of hydrogen-bond acceptors (Lipinski definition) is 6. The molecule has 1 amide bonds. The molecule has 1 saturated heterocycles. The molecule has 7 nitrogen and oxygen atoms in total. The highest BCUT2D eigenvalue weighted by Crippen LogP contribution is 2.36. The molecule has 5 rings (SSSR count). The van der Waals surface area contributed by atoms with Gasteiger partial charge < -0.3 is 18.9 Å². The third-order valence-electron chi connectivity index (χ3n) is 5.22. The highest BCUT2D eigenvalue weighted by molar-refractivity contribution is 6.30. The van der Waals surface area contributed by atoms with E-state index < -0.39 is 0 Å². The number of amides is 1. The predicted octanol–water partition coefficient (Wildman–Crippen LogP) is 3.68. The molecule has 0 saturated carbocycles. The van der Waals surface area contributed by atoms with Crippen LogP contribution < -0.4 is 9.47 Å². The molecule has 0 bridgehead atoms. The fourth-order valence-corrected chi connectivity index (χ4v) is 3.75. The zero-order chi connectivity index (χ0) is 19.8. The molecule has 1 atom stereocenters. The van der Waals surface area contributed by atoms with Crippen LogP contribution in [0, 0.1) is 0 Å². The normalized spacial score (nSPS) is 17.9. The Bertz CT molecular complexity index is 1050. The molecule has 0 spiro atoms. The summed E-state index contributed by atoms with van der Waals surface area (Å²) in [5.41, 5.74) is 1.93. The van der Waals surface area contributed by atoms with Gasteiger partial charge in [-0.1, -0.05) is 28.9 Å². The summed E-state index contributed by atoms with van der Waals surface area (Å²) in [6, 6.07) is 13.2. The van der Waals surface area contributed by atoms with E-state index in [1.807, 2.05) is 47.4 Å². The molecule has 29 heavy (non-hydrogen) atoms. The largest absolute Gasteiger partial charge is 0.454 e. The molecule has 0 radical (unpaired) electrons. The number of benzene rings is 2. The molecule has 1 aromatic heterocycles. The first-order valence-electron chi connectivity index (χ1n) is 9.41. The SMILES string of the molecule is O=C1CC(c2nc(-c3ccc4c(c3)OCO4)no2)CN1CCc1ccc(Cl)cc1. The van der Waals surface area contributed by atoms with Crippen molar-refractivity contribution in [2.45, 2.75) is 18.8 Å². The van der Waals surface area contributed by atoms with Gasteiger partial charge in [-0.15, -0.1) is 0 Å². The van der Waals surface area contributed by atoms with Gasteiger partial charge in [0.1, 0.15) is 0 Å². The summed E-state index contributed by atoms with van der Waals surface area (Å²) >= 11 is 5.92. The minimum Gasteiger partial charge on any atom is -0.454 e. The van der Waals surface area contributed by atoms with E-state index in [9.17, 15) is 4.79 Å². The molecule has 8 heteroatoms. The van der Waals surface area contributed by atoms with Crippen LogP contribution in [0.1, 0.15) is 23.8 Å². The minimum absolute atomic E-state index is 0.0945. The summed E-state index contributed by atoms with van der Waals surface area (Å²) in [6.07, 6.45) is 1.16. The van der Waals surface area contributed by atoms with Crippen molar-refractivity contribution < 1.29 is 18.8 Å². The lowest BCUT2D eigenvalue weighted by atomic mass is 10.1. The lowest BCUT2D eigenvalue weighted by Crippen LogP contribution is -2.27. The van der Waals surface area contributed by atoms with Crippen LogP contribution in [0.4, 0.5) is 0 Å². The van der Waals surface area contributed by atoms with Crippen LogP contribution in [0.15, 0.2) is 47.0 Å². The molecule has 2 aliphatic rings. The van der Waals surface area contributed by atoms with Crippen molar-refractivity contribution in [2.75, 3.05) is 19.9 Å². The number of hydrogen-bond donors (Lipinski definition) is 0. The number of aromatic nitrogens is 2. The summed E-state index contributed by atoms with van der Waals surface area (Å²) in [7, 11) is 0. The summed E-state index contributed by atoms with van der Waals surface area (Å²) in [6.45, 7) is 1.45. The van der Waals surface area contributed by atoms with E-state index in [0.717, 1.165) is 17.5 Å². The van der Waals surface area contributed by atoms with Crippen molar-refractivity contribution in [2.24, 2.45) is 0 Å². The Morgan fingerprint density at radius 1 is 1.10 bits per heavy atom. The number of fused-ring (bicyclic) bond motifs is 1. The second-order valence-electron chi connectivity index (χ2n) is 7.14. The van der Waals surface area contributed by atoms with Gasteiger partial charge >= 0.3 is 0 Å². The van der Waals surface area contributed by atoms with Gasteiger partial charge in [-0.2, -0.15) is 4.98 Å². The Kier molecular flexibility index (Phi) is 4.60. The van der Waals surface area contributed by atoms with E-state index in [1.54, 1.807) is 0 Å². The summed E-state index contributed by atoms with van der Waals surface area (Å²) in [5.74, 6) is 2.34. The summed E-state index contributed by atoms with van der Waals surface area (Å²) in [5, 5.41) is 4.79. The summed E-state index contributed by atoms with van der Waals surface area (Å²) in [4.78, 5) is 18.8. The van der Waals surface area contributed by atoms with Crippen LogP contribution in [-0.4, -0.2) is 40.8 Å². The molecule has 148 valence electrons. The number of halogens is 1. The Morgan fingerprint density at radius 2 is 1.93 bits per heavy atom. The molecule has 1 unspecified atom stereocenters. The Balaban J connectivity index is 1.25. The predicted molar refractivity (Wildman–Crippen MR) is 105 cm³/mol. The van der Waals surface area contributed by atoms with Gasteiger partial charge in [-0.05, 0) is 42.3 Å². The molecule has 1 fully saturated rings. The number of ether oxygens (including phenoxy) is 2. The molecule has 0 N–H and O–H groups in total. The third-order valence-corrected chi connectivity index (χ3v) is 5.47. The van der Waals surface area contributed by atoms with E-state index in [-0.39, 0.29) is 18.6 Å². The van der Waals surface area contributed by atoms with Crippen LogP contribution in [-0.2, 0) is 11.2 Å². The fourth-order valence-electron chi connectivity index (χ4n) is 3.62. The number of nitrogens with zero attached hydrogens (tertiary/aromatic N) is 3. The molecular formula is C21H18ClN3O4. The number of carbonyl (C=O) groups excluding carboxylic acids is 1. The Morgan fingerprint density at radius 3 is 2.79 bits per heavy atom. The molecule has 0 aliphatic carbocycles. The first kappa shape index (κ1) is 18.0. The third kappa shape index (κ3) is 3.65. The highest BCUT2D eigenvalue weighted by atomic mass is 35.5. The van der Waals surface area contributed by atoms with Gasteiger partial charge in [0.2, 0.25) is 24.4 Å². The van der Waals surface area contributed by atoms with Crippen molar-refractivity contribution in [1.29, 1.82) is 0 Å². The van der Waals surface area contributed by atoms with Gasteiger partial charge in [-0.25, -0.2) is 0 Å². The van der Waals surface area contributed by atoms with Crippen molar-refractivity contribution in [3.05, 3.63) is 58.9 Å². The summed E-state index contributed by atoms with van der Waals surface area (Å²) < 4.78 is 16.2. The van der Waals surface area contributed by atoms with E-state index in [4.69, 9.17) is 25.6 Å². The maximum absolute atomic E-state index is 12.4. The monoisotopic (exact) mass is 411 g/mol. The van der Waals surface area contributed by atoms with E-state index in [1.165, 1.54) is 0 Å². The standard InChI is InChI=1S/C21H18ClN3O4/c22-16-4-1-13(2-5-16)7-8-25-11-15(10-19(25)26)21-23-20(24-29-21)14-3-6-17-18(9-14)28-12-27-17/h1-6,9,15H,7-8,10-12H2. The van der Waals surface area contributed by atoms with Crippen LogP contribution in [0.25, 0.3) is 11.4 Å².